The third kappa shape index (κ3) is 4.91. The van der Waals surface area contributed by atoms with Crippen LogP contribution < -0.4 is 5.32 Å². The van der Waals surface area contributed by atoms with Crippen molar-refractivity contribution in [2.75, 3.05) is 0 Å². The zero-order chi connectivity index (χ0) is 14.7. The summed E-state index contributed by atoms with van der Waals surface area (Å²) in [6.45, 7) is 8.98. The van der Waals surface area contributed by atoms with Crippen molar-refractivity contribution in [3.63, 3.8) is 0 Å². The molecule has 0 saturated heterocycles. The molecule has 4 nitrogen and oxygen atoms in total. The Morgan fingerprint density at radius 1 is 1.16 bits per heavy atom. The van der Waals surface area contributed by atoms with E-state index in [1.165, 1.54) is 0 Å². The molecule has 19 heavy (non-hydrogen) atoms. The maximum absolute atomic E-state index is 11.8. The molecule has 1 unspecified atom stereocenters. The first-order valence-electron chi connectivity index (χ1n) is 6.36. The summed E-state index contributed by atoms with van der Waals surface area (Å²) in [5, 5.41) is 13.0. The highest BCUT2D eigenvalue weighted by Gasteiger charge is 2.34. The number of aliphatic hydroxyl groups is 1. The van der Waals surface area contributed by atoms with Gasteiger partial charge in [0.15, 0.2) is 0 Å². The molecule has 1 atom stereocenters. The number of hydrogen-bond acceptors (Lipinski definition) is 3. The van der Waals surface area contributed by atoms with Gasteiger partial charge >= 0.3 is 6.09 Å². The van der Waals surface area contributed by atoms with Crippen LogP contribution >= 0.6 is 0 Å². The van der Waals surface area contributed by atoms with Crippen LogP contribution in [0.1, 0.15) is 46.3 Å². The fourth-order valence-corrected chi connectivity index (χ4v) is 1.66. The highest BCUT2D eigenvalue weighted by molar-refractivity contribution is 5.68. The zero-order valence-corrected chi connectivity index (χ0v) is 12.2. The van der Waals surface area contributed by atoms with Crippen molar-refractivity contribution in [2.24, 2.45) is 0 Å². The molecule has 1 amide bonds. The molecule has 106 valence electrons. The van der Waals surface area contributed by atoms with Crippen LogP contribution in [-0.4, -0.2) is 22.3 Å². The maximum Gasteiger partial charge on any atom is 0.408 e. The summed E-state index contributed by atoms with van der Waals surface area (Å²) in [5.74, 6) is 0. The van der Waals surface area contributed by atoms with Crippen LogP contribution in [0.5, 0.6) is 0 Å². The number of ether oxygens (including phenoxy) is 1. The average molecular weight is 265 g/mol. The Balaban J connectivity index is 2.73. The molecular weight excluding hydrogens is 242 g/mol. The number of benzene rings is 1. The molecule has 0 aliphatic carbocycles. The fourth-order valence-electron chi connectivity index (χ4n) is 1.66. The number of carbonyl (C=O) groups is 1. The van der Waals surface area contributed by atoms with Crippen LogP contribution in [0.25, 0.3) is 0 Å². The summed E-state index contributed by atoms with van der Waals surface area (Å²) in [6, 6.07) is 9.15. The first kappa shape index (κ1) is 15.5. The van der Waals surface area contributed by atoms with E-state index in [0.717, 1.165) is 5.56 Å². The lowest BCUT2D eigenvalue weighted by atomic mass is 9.94. The number of hydrogen-bond donors (Lipinski definition) is 2. The van der Waals surface area contributed by atoms with Crippen molar-refractivity contribution in [1.82, 2.24) is 5.32 Å². The topological polar surface area (TPSA) is 58.6 Å². The summed E-state index contributed by atoms with van der Waals surface area (Å²) in [4.78, 5) is 11.8. The van der Waals surface area contributed by atoms with Gasteiger partial charge in [-0.25, -0.2) is 4.79 Å². The molecular formula is C15H23NO3. The Labute approximate surface area is 114 Å². The summed E-state index contributed by atoms with van der Waals surface area (Å²) in [6.07, 6.45) is -1.41. The molecule has 0 bridgehead atoms. The number of aliphatic hydroxyl groups excluding tert-OH is 1. The SMILES string of the molecule is CC(C)(C)NC(=O)OC(C)(C)C(O)c1ccccc1. The molecule has 0 aromatic heterocycles. The maximum atomic E-state index is 11.8. The minimum Gasteiger partial charge on any atom is -0.440 e. The molecule has 0 saturated carbocycles. The number of nitrogens with one attached hydrogen (secondary N) is 1. The molecule has 2 N–H and O–H groups in total. The molecule has 0 heterocycles. The smallest absolute Gasteiger partial charge is 0.408 e. The Hall–Kier alpha value is -1.55. The van der Waals surface area contributed by atoms with Crippen LogP contribution in [0.4, 0.5) is 4.79 Å². The van der Waals surface area contributed by atoms with Gasteiger partial charge in [0.2, 0.25) is 0 Å². The van der Waals surface area contributed by atoms with E-state index in [4.69, 9.17) is 4.74 Å². The Kier molecular flexibility index (Phi) is 4.58. The Morgan fingerprint density at radius 2 is 1.68 bits per heavy atom. The summed E-state index contributed by atoms with van der Waals surface area (Å²) in [7, 11) is 0. The number of carbonyl (C=O) groups excluding carboxylic acids is 1. The van der Waals surface area contributed by atoms with Crippen molar-refractivity contribution >= 4 is 6.09 Å². The summed E-state index contributed by atoms with van der Waals surface area (Å²) in [5.41, 5.74) is -0.655. The van der Waals surface area contributed by atoms with Gasteiger partial charge in [-0.3, -0.25) is 0 Å². The van der Waals surface area contributed by atoms with Gasteiger partial charge in [0, 0.05) is 5.54 Å². The predicted molar refractivity (Wildman–Crippen MR) is 74.9 cm³/mol. The molecule has 0 aliphatic heterocycles. The highest BCUT2D eigenvalue weighted by Crippen LogP contribution is 2.28. The molecule has 4 heteroatoms. The van der Waals surface area contributed by atoms with Crippen LogP contribution in [0.2, 0.25) is 0 Å². The Morgan fingerprint density at radius 3 is 2.16 bits per heavy atom. The van der Waals surface area contributed by atoms with E-state index in [1.807, 2.05) is 39.0 Å². The molecule has 0 fully saturated rings. The molecule has 1 aromatic rings. The monoisotopic (exact) mass is 265 g/mol. The molecule has 0 radical (unpaired) electrons. The second kappa shape index (κ2) is 5.61. The van der Waals surface area contributed by atoms with Gasteiger partial charge < -0.3 is 15.2 Å². The minimum atomic E-state index is -1.00. The number of amides is 1. The van der Waals surface area contributed by atoms with Gasteiger partial charge in [-0.05, 0) is 40.2 Å². The van der Waals surface area contributed by atoms with Crippen LogP contribution in [0.15, 0.2) is 30.3 Å². The van der Waals surface area contributed by atoms with Crippen molar-refractivity contribution < 1.29 is 14.6 Å². The average Bonchev–Trinajstić information content (AvgIpc) is 2.25. The molecule has 0 aliphatic rings. The molecule has 1 aromatic carbocycles. The lowest BCUT2D eigenvalue weighted by Gasteiger charge is -2.32. The van der Waals surface area contributed by atoms with Gasteiger partial charge in [0.05, 0.1) is 0 Å². The van der Waals surface area contributed by atoms with Crippen molar-refractivity contribution in [3.05, 3.63) is 35.9 Å². The lowest BCUT2D eigenvalue weighted by Crippen LogP contribution is -2.46. The van der Waals surface area contributed by atoms with E-state index in [0.29, 0.717) is 0 Å². The lowest BCUT2D eigenvalue weighted by molar-refractivity contribution is -0.0611. The van der Waals surface area contributed by atoms with E-state index in [-0.39, 0.29) is 5.54 Å². The summed E-state index contributed by atoms with van der Waals surface area (Å²) >= 11 is 0. The largest absolute Gasteiger partial charge is 0.440 e. The quantitative estimate of drug-likeness (QED) is 0.883. The van der Waals surface area contributed by atoms with E-state index >= 15 is 0 Å². The highest BCUT2D eigenvalue weighted by atomic mass is 16.6. The third-order valence-corrected chi connectivity index (χ3v) is 2.61. The second-order valence-electron chi connectivity index (χ2n) is 6.18. The van der Waals surface area contributed by atoms with Crippen molar-refractivity contribution in [2.45, 2.75) is 51.9 Å². The van der Waals surface area contributed by atoms with Gasteiger partial charge in [-0.15, -0.1) is 0 Å². The van der Waals surface area contributed by atoms with E-state index in [1.54, 1.807) is 26.0 Å². The van der Waals surface area contributed by atoms with Crippen LogP contribution in [-0.2, 0) is 4.74 Å². The van der Waals surface area contributed by atoms with Gasteiger partial charge in [0.1, 0.15) is 11.7 Å². The molecule has 1 rings (SSSR count). The van der Waals surface area contributed by atoms with Gasteiger partial charge in [-0.1, -0.05) is 30.3 Å². The second-order valence-corrected chi connectivity index (χ2v) is 6.18. The molecule has 0 spiro atoms. The number of alkyl carbamates (subject to hydrolysis) is 1. The van der Waals surface area contributed by atoms with Crippen LogP contribution in [0.3, 0.4) is 0 Å². The first-order chi connectivity index (χ1) is 8.62. The standard InChI is InChI=1S/C15H23NO3/c1-14(2,3)16-13(18)19-15(4,5)12(17)11-9-7-6-8-10-11/h6-10,12,17H,1-5H3,(H,16,18). The third-order valence-electron chi connectivity index (χ3n) is 2.61. The van der Waals surface area contributed by atoms with Crippen molar-refractivity contribution in [3.8, 4) is 0 Å². The van der Waals surface area contributed by atoms with Gasteiger partial charge in [0.25, 0.3) is 0 Å². The van der Waals surface area contributed by atoms with Crippen LogP contribution in [0, 0.1) is 0 Å². The normalized spacial score (nSPS) is 13.8. The minimum absolute atomic E-state index is 0.370. The first-order valence-corrected chi connectivity index (χ1v) is 6.36. The predicted octanol–water partition coefficient (Wildman–Crippen LogP) is 3.02. The summed E-state index contributed by atoms with van der Waals surface area (Å²) < 4.78 is 5.33. The van der Waals surface area contributed by atoms with E-state index < -0.39 is 17.8 Å². The fraction of sp³-hybridized carbons (Fsp3) is 0.533. The van der Waals surface area contributed by atoms with Gasteiger partial charge in [-0.2, -0.15) is 0 Å². The number of rotatable bonds is 3. The van der Waals surface area contributed by atoms with E-state index in [9.17, 15) is 9.90 Å². The zero-order valence-electron chi connectivity index (χ0n) is 12.2. The Bertz CT molecular complexity index is 421. The van der Waals surface area contributed by atoms with Crippen molar-refractivity contribution in [1.29, 1.82) is 0 Å². The van der Waals surface area contributed by atoms with E-state index in [2.05, 4.69) is 5.32 Å².